The molecule has 3 unspecified atom stereocenters. The molecule has 0 aliphatic carbocycles. The summed E-state index contributed by atoms with van der Waals surface area (Å²) in [6.45, 7) is 14.7. The zero-order valence-corrected chi connectivity index (χ0v) is 15.6. The van der Waals surface area contributed by atoms with Crippen LogP contribution in [0.3, 0.4) is 0 Å². The first-order chi connectivity index (χ1) is 11.0. The van der Waals surface area contributed by atoms with E-state index in [9.17, 15) is 9.90 Å². The number of carbonyl (C=O) groups excluding carboxylic acids is 1. The summed E-state index contributed by atoms with van der Waals surface area (Å²) in [6.07, 6.45) is 8.34. The number of carbonyl (C=O) groups is 1. The molecule has 1 heterocycles. The summed E-state index contributed by atoms with van der Waals surface area (Å²) in [5.41, 5.74) is 0.0847. The van der Waals surface area contributed by atoms with Gasteiger partial charge in [-0.1, -0.05) is 42.5 Å². The Bertz CT molecular complexity index is 564. The summed E-state index contributed by atoms with van der Waals surface area (Å²) in [6, 6.07) is 0. The first-order valence-electron chi connectivity index (χ1n) is 8.25. The highest BCUT2D eigenvalue weighted by Crippen LogP contribution is 2.41. The number of aliphatic hydroxyl groups is 1. The second-order valence-electron chi connectivity index (χ2n) is 7.09. The van der Waals surface area contributed by atoms with E-state index in [0.29, 0.717) is 5.57 Å². The van der Waals surface area contributed by atoms with Gasteiger partial charge in [-0.3, -0.25) is 0 Å². The highest BCUT2D eigenvalue weighted by atomic mass is 16.6. The maximum Gasteiger partial charge on any atom is 0.333 e. The number of rotatable bonds is 8. The summed E-state index contributed by atoms with van der Waals surface area (Å²) >= 11 is 0. The van der Waals surface area contributed by atoms with Gasteiger partial charge in [-0.2, -0.15) is 0 Å². The second kappa shape index (κ2) is 7.95. The van der Waals surface area contributed by atoms with Crippen LogP contribution in [0, 0.1) is 0 Å². The molecule has 1 saturated heterocycles. The second-order valence-corrected chi connectivity index (χ2v) is 7.09. The van der Waals surface area contributed by atoms with Crippen molar-refractivity contribution in [2.75, 3.05) is 0 Å². The van der Waals surface area contributed by atoms with Crippen molar-refractivity contribution in [2.24, 2.45) is 0 Å². The largest absolute Gasteiger partial charge is 0.456 e. The molecule has 0 aromatic carbocycles. The zero-order valence-electron chi connectivity index (χ0n) is 15.6. The van der Waals surface area contributed by atoms with Gasteiger partial charge < -0.3 is 14.6 Å². The molecule has 0 amide bonds. The monoisotopic (exact) mass is 334 g/mol. The van der Waals surface area contributed by atoms with E-state index < -0.39 is 11.7 Å². The van der Waals surface area contributed by atoms with Gasteiger partial charge in [-0.15, -0.1) is 0 Å². The fourth-order valence-electron chi connectivity index (χ4n) is 2.33. The van der Waals surface area contributed by atoms with Crippen molar-refractivity contribution < 1.29 is 19.4 Å². The molecule has 4 heteroatoms. The number of epoxide rings is 1. The molecule has 0 aromatic rings. The van der Waals surface area contributed by atoms with E-state index in [4.69, 9.17) is 9.47 Å². The molecular formula is C20H30O4. The van der Waals surface area contributed by atoms with Gasteiger partial charge in [0.2, 0.25) is 0 Å². The summed E-state index contributed by atoms with van der Waals surface area (Å²) in [5.74, 6) is -0.379. The predicted molar refractivity (Wildman–Crippen MR) is 96.6 cm³/mol. The zero-order chi connectivity index (χ0) is 18.5. The Morgan fingerprint density at radius 2 is 2.04 bits per heavy atom. The fraction of sp³-hybridized carbons (Fsp3) is 0.550. The van der Waals surface area contributed by atoms with Crippen LogP contribution in [0.4, 0.5) is 0 Å². The lowest BCUT2D eigenvalue weighted by atomic mass is 9.92. The Kier molecular flexibility index (Phi) is 6.76. The van der Waals surface area contributed by atoms with Crippen LogP contribution in [0.25, 0.3) is 0 Å². The molecule has 0 saturated carbocycles. The van der Waals surface area contributed by atoms with Crippen LogP contribution in [0.2, 0.25) is 0 Å². The summed E-state index contributed by atoms with van der Waals surface area (Å²) in [4.78, 5) is 12.1. The third-order valence-corrected chi connectivity index (χ3v) is 4.16. The van der Waals surface area contributed by atoms with Crippen molar-refractivity contribution in [1.82, 2.24) is 0 Å². The minimum atomic E-state index is -1.12. The minimum absolute atomic E-state index is 0.212. The lowest BCUT2D eigenvalue weighted by molar-refractivity contribution is -0.147. The maximum absolute atomic E-state index is 12.1. The average molecular weight is 334 g/mol. The fourth-order valence-corrected chi connectivity index (χ4v) is 2.33. The lowest BCUT2D eigenvalue weighted by Crippen LogP contribution is -2.36. The van der Waals surface area contributed by atoms with Crippen molar-refractivity contribution in [3.8, 4) is 0 Å². The van der Waals surface area contributed by atoms with E-state index in [-0.39, 0.29) is 24.1 Å². The Labute approximate surface area is 145 Å². The smallest absolute Gasteiger partial charge is 0.333 e. The summed E-state index contributed by atoms with van der Waals surface area (Å²) < 4.78 is 11.2. The van der Waals surface area contributed by atoms with Crippen LogP contribution < -0.4 is 0 Å². The van der Waals surface area contributed by atoms with E-state index in [0.717, 1.165) is 5.57 Å². The van der Waals surface area contributed by atoms with Crippen LogP contribution in [-0.4, -0.2) is 34.5 Å². The van der Waals surface area contributed by atoms with Crippen LogP contribution in [0.1, 0.15) is 48.0 Å². The third-order valence-electron chi connectivity index (χ3n) is 4.16. The topological polar surface area (TPSA) is 59.1 Å². The first kappa shape index (κ1) is 20.4. The lowest BCUT2D eigenvalue weighted by Gasteiger charge is -2.25. The highest BCUT2D eigenvalue weighted by Gasteiger charge is 2.55. The Hall–Kier alpha value is -1.65. The van der Waals surface area contributed by atoms with E-state index in [2.05, 4.69) is 6.58 Å². The molecule has 134 valence electrons. The summed E-state index contributed by atoms with van der Waals surface area (Å²) in [7, 11) is 0. The van der Waals surface area contributed by atoms with Gasteiger partial charge in [0.1, 0.15) is 12.2 Å². The average Bonchev–Trinajstić information content (AvgIpc) is 3.13. The number of hydrogen-bond donors (Lipinski definition) is 1. The van der Waals surface area contributed by atoms with E-state index in [1.165, 1.54) is 0 Å². The van der Waals surface area contributed by atoms with Crippen molar-refractivity contribution >= 4 is 5.97 Å². The Morgan fingerprint density at radius 1 is 1.46 bits per heavy atom. The van der Waals surface area contributed by atoms with Gasteiger partial charge in [-0.25, -0.2) is 4.79 Å². The molecule has 0 radical (unpaired) electrons. The van der Waals surface area contributed by atoms with Gasteiger partial charge in [0.25, 0.3) is 0 Å². The van der Waals surface area contributed by atoms with Crippen LogP contribution >= 0.6 is 0 Å². The predicted octanol–water partition coefficient (Wildman–Crippen LogP) is 3.87. The third kappa shape index (κ3) is 6.10. The summed E-state index contributed by atoms with van der Waals surface area (Å²) in [5, 5.41) is 10.6. The SMILES string of the molecule is C=CC(C)=CC=CC(C)(O)CC(OC(=O)C(C)=CC)C1OC1(C)C. The molecule has 1 aliphatic heterocycles. The number of esters is 1. The van der Waals surface area contributed by atoms with E-state index in [1.54, 1.807) is 45.1 Å². The van der Waals surface area contributed by atoms with E-state index in [1.807, 2.05) is 26.8 Å². The van der Waals surface area contributed by atoms with Gasteiger partial charge in [-0.05, 0) is 41.5 Å². The molecule has 0 aromatic heterocycles. The maximum atomic E-state index is 12.1. The van der Waals surface area contributed by atoms with Gasteiger partial charge in [0.15, 0.2) is 0 Å². The number of allylic oxidation sites excluding steroid dienone is 5. The van der Waals surface area contributed by atoms with Crippen LogP contribution in [0.15, 0.2) is 48.1 Å². The highest BCUT2D eigenvalue weighted by molar-refractivity contribution is 5.87. The van der Waals surface area contributed by atoms with Gasteiger partial charge >= 0.3 is 5.97 Å². The number of ether oxygens (including phenoxy) is 2. The number of hydrogen-bond acceptors (Lipinski definition) is 4. The van der Waals surface area contributed by atoms with Gasteiger partial charge in [0.05, 0.1) is 11.2 Å². The van der Waals surface area contributed by atoms with Crippen molar-refractivity contribution in [2.45, 2.75) is 71.4 Å². The molecule has 1 fully saturated rings. The quantitative estimate of drug-likeness (QED) is 0.317. The molecule has 0 spiro atoms. The van der Waals surface area contributed by atoms with Crippen LogP contribution in [0.5, 0.6) is 0 Å². The standard InChI is InChI=1S/C20H30O4/c1-8-14(3)11-10-12-20(7,22)13-16(17-19(5,6)24-17)23-18(21)15(4)9-2/h8-12,16-17,22H,1,13H2,2-7H3. The molecule has 1 aliphatic rings. The van der Waals surface area contributed by atoms with Gasteiger partial charge in [0, 0.05) is 12.0 Å². The Balaban J connectivity index is 2.84. The molecule has 1 rings (SSSR count). The molecule has 1 N–H and O–H groups in total. The van der Waals surface area contributed by atoms with Crippen molar-refractivity contribution in [1.29, 1.82) is 0 Å². The normalized spacial score (nSPS) is 24.4. The Morgan fingerprint density at radius 3 is 2.50 bits per heavy atom. The molecule has 4 nitrogen and oxygen atoms in total. The molecular weight excluding hydrogens is 304 g/mol. The van der Waals surface area contributed by atoms with Crippen molar-refractivity contribution in [3.63, 3.8) is 0 Å². The minimum Gasteiger partial charge on any atom is -0.456 e. The molecule has 0 bridgehead atoms. The molecule has 3 atom stereocenters. The van der Waals surface area contributed by atoms with E-state index >= 15 is 0 Å². The van der Waals surface area contributed by atoms with Crippen LogP contribution in [-0.2, 0) is 14.3 Å². The first-order valence-corrected chi connectivity index (χ1v) is 8.25. The molecule has 24 heavy (non-hydrogen) atoms. The van der Waals surface area contributed by atoms with Crippen molar-refractivity contribution in [3.05, 3.63) is 48.1 Å².